The van der Waals surface area contributed by atoms with E-state index in [1.165, 1.54) is 0 Å². The number of hydrogen-bond donors (Lipinski definition) is 1. The number of carbonyl (C=O) groups is 2. The summed E-state index contributed by atoms with van der Waals surface area (Å²) < 4.78 is 104. The molecule has 0 saturated carbocycles. The van der Waals surface area contributed by atoms with Crippen molar-refractivity contribution in [2.45, 2.75) is 70.6 Å². The minimum Gasteiger partial charge on any atom is -0.478 e. The fourth-order valence-corrected chi connectivity index (χ4v) is 1.61. The second kappa shape index (κ2) is 12.5. The van der Waals surface area contributed by atoms with Gasteiger partial charge in [-0.15, -0.1) is 0 Å². The van der Waals surface area contributed by atoms with Crippen LogP contribution in [0.3, 0.4) is 0 Å². The molecule has 0 aromatic heterocycles. The van der Waals surface area contributed by atoms with Gasteiger partial charge in [0.25, 0.3) is 0 Å². The topological polar surface area (TPSA) is 63.6 Å². The molecule has 12 heteroatoms. The minimum atomic E-state index is -5.68. The summed E-state index contributed by atoms with van der Waals surface area (Å²) in [5, 5.41) is 8.22. The SMILES string of the molecule is C=C(C)C(=O)OCCCCC.CC(=CC(F)(F)C(F)(F)C(F)CC(F)(F)F)C(=O)O. The summed E-state index contributed by atoms with van der Waals surface area (Å²) in [6, 6.07) is 0. The number of rotatable bonds is 10. The van der Waals surface area contributed by atoms with Crippen LogP contribution in [0.4, 0.5) is 35.1 Å². The van der Waals surface area contributed by atoms with Crippen molar-refractivity contribution in [1.82, 2.24) is 0 Å². The Hall–Kier alpha value is -2.14. The number of unbranched alkanes of at least 4 members (excludes halogenated alkanes) is 2. The average molecular weight is 456 g/mol. The normalized spacial score (nSPS) is 13.8. The number of carbonyl (C=O) groups excluding carboxylic acids is 1. The van der Waals surface area contributed by atoms with Crippen LogP contribution in [0.15, 0.2) is 23.8 Å². The molecule has 0 aliphatic heterocycles. The molecule has 1 atom stereocenters. The van der Waals surface area contributed by atoms with Gasteiger partial charge >= 0.3 is 30.0 Å². The minimum absolute atomic E-state index is 0.277. The zero-order chi connectivity index (χ0) is 24.3. The van der Waals surface area contributed by atoms with Crippen LogP contribution in [0, 0.1) is 0 Å². The first-order valence-corrected chi connectivity index (χ1v) is 8.60. The number of allylic oxidation sites excluding steroid dienone is 1. The molecule has 176 valence electrons. The molecule has 0 fully saturated rings. The summed E-state index contributed by atoms with van der Waals surface area (Å²) >= 11 is 0. The van der Waals surface area contributed by atoms with Crippen LogP contribution in [0.25, 0.3) is 0 Å². The molecule has 0 amide bonds. The van der Waals surface area contributed by atoms with E-state index in [0.29, 0.717) is 19.1 Å². The number of carboxylic acids is 1. The number of carboxylic acid groups (broad SMARTS) is 1. The summed E-state index contributed by atoms with van der Waals surface area (Å²) in [6.45, 7) is 8.29. The highest BCUT2D eigenvalue weighted by molar-refractivity contribution is 5.87. The quantitative estimate of drug-likeness (QED) is 0.193. The third kappa shape index (κ3) is 11.8. The Morgan fingerprint density at radius 1 is 1.07 bits per heavy atom. The van der Waals surface area contributed by atoms with Gasteiger partial charge in [-0.3, -0.25) is 0 Å². The summed E-state index contributed by atoms with van der Waals surface area (Å²) in [4.78, 5) is 21.0. The predicted octanol–water partition coefficient (Wildman–Crippen LogP) is 5.87. The lowest BCUT2D eigenvalue weighted by Crippen LogP contribution is -2.48. The molecular formula is C18H24F8O4. The van der Waals surface area contributed by atoms with E-state index in [2.05, 4.69) is 13.5 Å². The summed E-state index contributed by atoms with van der Waals surface area (Å²) in [6.07, 6.45) is -9.93. The maximum absolute atomic E-state index is 12.9. The van der Waals surface area contributed by atoms with Gasteiger partial charge in [-0.25, -0.2) is 14.0 Å². The molecule has 0 heterocycles. The number of esters is 1. The lowest BCUT2D eigenvalue weighted by atomic mass is 10.0. The second-order valence-corrected chi connectivity index (χ2v) is 6.29. The molecule has 0 radical (unpaired) electrons. The molecule has 0 aromatic rings. The van der Waals surface area contributed by atoms with Gasteiger partial charge in [-0.1, -0.05) is 26.3 Å². The van der Waals surface area contributed by atoms with Crippen LogP contribution < -0.4 is 0 Å². The van der Waals surface area contributed by atoms with Gasteiger partial charge in [0.2, 0.25) is 0 Å². The third-order valence-electron chi connectivity index (χ3n) is 3.31. The van der Waals surface area contributed by atoms with E-state index in [1.54, 1.807) is 6.92 Å². The average Bonchev–Trinajstić information content (AvgIpc) is 2.56. The van der Waals surface area contributed by atoms with Crippen LogP contribution in [-0.2, 0) is 14.3 Å². The number of hydrogen-bond acceptors (Lipinski definition) is 3. The Morgan fingerprint density at radius 3 is 1.93 bits per heavy atom. The fraction of sp³-hybridized carbons (Fsp3) is 0.667. The first-order valence-electron chi connectivity index (χ1n) is 8.60. The van der Waals surface area contributed by atoms with E-state index in [0.717, 1.165) is 19.3 Å². The Labute approximate surface area is 168 Å². The third-order valence-corrected chi connectivity index (χ3v) is 3.31. The fourth-order valence-electron chi connectivity index (χ4n) is 1.61. The van der Waals surface area contributed by atoms with E-state index in [-0.39, 0.29) is 5.97 Å². The second-order valence-electron chi connectivity index (χ2n) is 6.29. The Kier molecular flexibility index (Phi) is 12.6. The highest BCUT2D eigenvalue weighted by Gasteiger charge is 2.62. The molecule has 4 nitrogen and oxygen atoms in total. The van der Waals surface area contributed by atoms with E-state index in [1.807, 2.05) is 0 Å². The van der Waals surface area contributed by atoms with Gasteiger partial charge in [0.1, 0.15) is 0 Å². The zero-order valence-corrected chi connectivity index (χ0v) is 16.6. The highest BCUT2D eigenvalue weighted by atomic mass is 19.4. The van der Waals surface area contributed by atoms with E-state index < -0.39 is 48.2 Å². The molecule has 0 rings (SSSR count). The number of alkyl halides is 8. The lowest BCUT2D eigenvalue weighted by molar-refractivity contribution is -0.239. The van der Waals surface area contributed by atoms with Crippen molar-refractivity contribution in [3.05, 3.63) is 23.8 Å². The molecule has 0 aromatic carbocycles. The zero-order valence-electron chi connectivity index (χ0n) is 16.6. The molecule has 0 spiro atoms. The Balaban J connectivity index is 0. The van der Waals surface area contributed by atoms with Gasteiger partial charge in [0.15, 0.2) is 6.17 Å². The molecule has 0 aliphatic rings. The van der Waals surface area contributed by atoms with Crippen molar-refractivity contribution in [3.8, 4) is 0 Å². The maximum atomic E-state index is 12.9. The first-order chi connectivity index (χ1) is 13.4. The summed E-state index contributed by atoms with van der Waals surface area (Å²) in [5.74, 6) is -13.3. The van der Waals surface area contributed by atoms with Crippen molar-refractivity contribution in [2.24, 2.45) is 0 Å². The van der Waals surface area contributed by atoms with Crippen molar-refractivity contribution < 1.29 is 54.6 Å². The Bertz CT molecular complexity index is 612. The number of aliphatic carboxylic acids is 1. The van der Waals surface area contributed by atoms with Crippen LogP contribution in [-0.4, -0.2) is 47.8 Å². The molecular weight excluding hydrogens is 432 g/mol. The van der Waals surface area contributed by atoms with Gasteiger partial charge in [0.05, 0.1) is 13.0 Å². The summed E-state index contributed by atoms with van der Waals surface area (Å²) in [7, 11) is 0. The molecule has 0 bridgehead atoms. The smallest absolute Gasteiger partial charge is 0.392 e. The van der Waals surface area contributed by atoms with Crippen molar-refractivity contribution >= 4 is 11.9 Å². The van der Waals surface area contributed by atoms with Crippen LogP contribution >= 0.6 is 0 Å². The number of ether oxygens (including phenoxy) is 1. The lowest BCUT2D eigenvalue weighted by Gasteiger charge is -2.27. The summed E-state index contributed by atoms with van der Waals surface area (Å²) in [5.41, 5.74) is -0.773. The maximum Gasteiger partial charge on any atom is 0.392 e. The number of halogens is 8. The molecule has 0 saturated heterocycles. The largest absolute Gasteiger partial charge is 0.478 e. The van der Waals surface area contributed by atoms with Crippen molar-refractivity contribution in [2.75, 3.05) is 6.61 Å². The predicted molar refractivity (Wildman–Crippen MR) is 92.2 cm³/mol. The van der Waals surface area contributed by atoms with E-state index in [4.69, 9.17) is 9.84 Å². The standard InChI is InChI=1S/C9H8F8O2.C9H16O2/c1-4(6(18)19)2-7(11,12)9(16,17)5(10)3-8(13,14)15;1-4-5-6-7-11-9(10)8(2)3/h2,5H,3H2,1H3,(H,18,19);2,4-7H2,1,3H3. The van der Waals surface area contributed by atoms with Crippen molar-refractivity contribution in [3.63, 3.8) is 0 Å². The van der Waals surface area contributed by atoms with Crippen LogP contribution in [0.1, 0.15) is 46.5 Å². The van der Waals surface area contributed by atoms with Crippen LogP contribution in [0.2, 0.25) is 0 Å². The molecule has 0 aliphatic carbocycles. The highest BCUT2D eigenvalue weighted by Crippen LogP contribution is 2.43. The molecule has 1 unspecified atom stereocenters. The Morgan fingerprint density at radius 2 is 1.57 bits per heavy atom. The van der Waals surface area contributed by atoms with Gasteiger partial charge < -0.3 is 9.84 Å². The van der Waals surface area contributed by atoms with Gasteiger partial charge in [-0.05, 0) is 20.3 Å². The van der Waals surface area contributed by atoms with E-state index in [9.17, 15) is 44.7 Å². The van der Waals surface area contributed by atoms with Gasteiger partial charge in [-0.2, -0.15) is 30.7 Å². The molecule has 1 N–H and O–H groups in total. The van der Waals surface area contributed by atoms with Gasteiger partial charge in [0, 0.05) is 17.2 Å². The van der Waals surface area contributed by atoms with Crippen molar-refractivity contribution in [1.29, 1.82) is 0 Å². The van der Waals surface area contributed by atoms with E-state index >= 15 is 0 Å². The molecule has 30 heavy (non-hydrogen) atoms. The monoisotopic (exact) mass is 456 g/mol. The first kappa shape index (κ1) is 30.1. The van der Waals surface area contributed by atoms with Crippen LogP contribution in [0.5, 0.6) is 0 Å².